The lowest BCUT2D eigenvalue weighted by molar-refractivity contribution is 0.00578. The lowest BCUT2D eigenvalue weighted by atomic mass is 9.82. The van der Waals surface area contributed by atoms with Crippen LogP contribution in [0.5, 0.6) is 0 Å². The van der Waals surface area contributed by atoms with E-state index in [0.717, 1.165) is 0 Å². The van der Waals surface area contributed by atoms with Crippen LogP contribution in [-0.2, 0) is 9.31 Å². The second-order valence-electron chi connectivity index (χ2n) is 8.05. The van der Waals surface area contributed by atoms with E-state index in [2.05, 4.69) is 0 Å². The molecule has 2 nitrogen and oxygen atoms in total. The summed E-state index contributed by atoms with van der Waals surface area (Å²) in [6.07, 6.45) is 0.314. The van der Waals surface area contributed by atoms with Gasteiger partial charge in [-0.1, -0.05) is 19.6 Å². The second kappa shape index (κ2) is 4.04. The summed E-state index contributed by atoms with van der Waals surface area (Å²) in [5.74, 6) is -3.08. The van der Waals surface area contributed by atoms with Crippen molar-refractivity contribution in [1.29, 1.82) is 0 Å². The highest BCUT2D eigenvalue weighted by Crippen LogP contribution is 2.67. The Bertz CT molecular complexity index is 363. The van der Waals surface area contributed by atoms with Crippen LogP contribution in [0.3, 0.4) is 0 Å². The van der Waals surface area contributed by atoms with Crippen molar-refractivity contribution in [2.45, 2.75) is 76.3 Å². The molecule has 2 rings (SSSR count). The van der Waals surface area contributed by atoms with Crippen LogP contribution in [0.2, 0.25) is 31.5 Å². The summed E-state index contributed by atoms with van der Waals surface area (Å²) in [6, 6.07) is 0. The average Bonchev–Trinajstić information content (AvgIpc) is 2.56. The first kappa shape index (κ1) is 15.5. The summed E-state index contributed by atoms with van der Waals surface area (Å²) in [4.78, 5) is 0. The Balaban J connectivity index is 2.02. The topological polar surface area (TPSA) is 18.5 Å². The van der Waals surface area contributed by atoms with Crippen LogP contribution in [0, 0.1) is 5.92 Å². The number of halogens is 2. The van der Waals surface area contributed by atoms with Crippen molar-refractivity contribution in [1.82, 2.24) is 0 Å². The van der Waals surface area contributed by atoms with Crippen LogP contribution >= 0.6 is 0 Å². The molecule has 0 aromatic carbocycles. The molecule has 0 aromatic heterocycles. The van der Waals surface area contributed by atoms with E-state index in [0.29, 0.717) is 6.32 Å². The van der Waals surface area contributed by atoms with Gasteiger partial charge in [-0.3, -0.25) is 0 Å². The Morgan fingerprint density at radius 1 is 1.00 bits per heavy atom. The van der Waals surface area contributed by atoms with Crippen LogP contribution in [0.15, 0.2) is 0 Å². The predicted molar refractivity (Wildman–Crippen MR) is 76.4 cm³/mol. The molecule has 1 saturated carbocycles. The van der Waals surface area contributed by atoms with Gasteiger partial charge in [-0.25, -0.2) is 8.78 Å². The highest BCUT2D eigenvalue weighted by atomic mass is 28.3. The van der Waals surface area contributed by atoms with Gasteiger partial charge >= 0.3 is 7.12 Å². The second-order valence-corrected chi connectivity index (χ2v) is 13.4. The fourth-order valence-electron chi connectivity index (χ4n) is 3.13. The average molecular weight is 290 g/mol. The molecule has 19 heavy (non-hydrogen) atoms. The molecule has 0 spiro atoms. The first-order valence-electron chi connectivity index (χ1n) is 7.02. The standard InChI is InChI=1S/C13H25BF2O2Si/c1-11(2)12(3,4)18-14(17-11)8-9-10(13(9,15)16)19(5,6)7/h9-10H,8H2,1-7H3/t9-,10+/m1/s1. The zero-order valence-electron chi connectivity index (χ0n) is 13.0. The highest BCUT2D eigenvalue weighted by molar-refractivity contribution is 6.78. The van der Waals surface area contributed by atoms with E-state index >= 15 is 0 Å². The Morgan fingerprint density at radius 3 is 1.74 bits per heavy atom. The molecule has 0 amide bonds. The zero-order valence-corrected chi connectivity index (χ0v) is 14.0. The van der Waals surface area contributed by atoms with Gasteiger partial charge in [0.15, 0.2) is 0 Å². The predicted octanol–water partition coefficient (Wildman–Crippen LogP) is 4.05. The fourth-order valence-corrected chi connectivity index (χ4v) is 5.97. The Hall–Kier alpha value is 0.0618. The van der Waals surface area contributed by atoms with Gasteiger partial charge in [0.25, 0.3) is 5.92 Å². The highest BCUT2D eigenvalue weighted by Gasteiger charge is 2.73. The Labute approximate surface area is 116 Å². The van der Waals surface area contributed by atoms with Crippen molar-refractivity contribution >= 4 is 15.2 Å². The van der Waals surface area contributed by atoms with Gasteiger partial charge in [-0.05, 0) is 34.0 Å². The maximum absolute atomic E-state index is 13.9. The minimum Gasteiger partial charge on any atom is -0.403 e. The number of alkyl halides is 2. The molecule has 0 unspecified atom stereocenters. The molecule has 2 aliphatic rings. The SMILES string of the molecule is CC1(C)OB(C[C@@H]2[C@H]([Si](C)(C)C)C2(F)F)OC1(C)C. The van der Waals surface area contributed by atoms with Crippen molar-refractivity contribution in [3.8, 4) is 0 Å². The number of hydrogen-bond acceptors (Lipinski definition) is 2. The summed E-state index contributed by atoms with van der Waals surface area (Å²) in [5, 5.41) is 0. The van der Waals surface area contributed by atoms with Crippen LogP contribution in [0.1, 0.15) is 27.7 Å². The van der Waals surface area contributed by atoms with Crippen molar-refractivity contribution in [3.63, 3.8) is 0 Å². The third-order valence-corrected chi connectivity index (χ3v) is 7.54. The molecule has 2 fully saturated rings. The van der Waals surface area contributed by atoms with Gasteiger partial charge in [0.05, 0.1) is 19.3 Å². The van der Waals surface area contributed by atoms with Crippen molar-refractivity contribution in [3.05, 3.63) is 0 Å². The van der Waals surface area contributed by atoms with Gasteiger partial charge in [0.1, 0.15) is 0 Å². The van der Waals surface area contributed by atoms with E-state index in [1.165, 1.54) is 0 Å². The van der Waals surface area contributed by atoms with Crippen molar-refractivity contribution in [2.24, 2.45) is 5.92 Å². The van der Waals surface area contributed by atoms with Crippen molar-refractivity contribution < 1.29 is 18.1 Å². The molecule has 2 atom stereocenters. The van der Waals surface area contributed by atoms with Gasteiger partial charge in [0, 0.05) is 11.5 Å². The molecule has 1 heterocycles. The fraction of sp³-hybridized carbons (Fsp3) is 1.00. The summed E-state index contributed by atoms with van der Waals surface area (Å²) in [5.41, 5.74) is -1.30. The van der Waals surface area contributed by atoms with E-state index in [4.69, 9.17) is 9.31 Å². The summed E-state index contributed by atoms with van der Waals surface area (Å²) >= 11 is 0. The van der Waals surface area contributed by atoms with E-state index in [9.17, 15) is 8.78 Å². The van der Waals surface area contributed by atoms with Crippen LogP contribution in [-0.4, -0.2) is 32.3 Å². The lowest BCUT2D eigenvalue weighted by Gasteiger charge is -2.32. The van der Waals surface area contributed by atoms with Gasteiger partial charge < -0.3 is 9.31 Å². The quantitative estimate of drug-likeness (QED) is 0.730. The maximum atomic E-state index is 13.9. The summed E-state index contributed by atoms with van der Waals surface area (Å²) in [6.45, 7) is 13.8. The molecular weight excluding hydrogens is 265 g/mol. The van der Waals surface area contributed by atoms with Crippen LogP contribution in [0.4, 0.5) is 8.78 Å². The minimum atomic E-state index is -2.52. The molecule has 0 radical (unpaired) electrons. The normalized spacial score (nSPS) is 35.5. The van der Waals surface area contributed by atoms with E-state index in [-0.39, 0.29) is 0 Å². The molecule has 1 saturated heterocycles. The summed E-state index contributed by atoms with van der Waals surface area (Å²) < 4.78 is 39.5. The van der Waals surface area contributed by atoms with E-state index in [1.54, 1.807) is 0 Å². The largest absolute Gasteiger partial charge is 0.458 e. The van der Waals surface area contributed by atoms with Gasteiger partial charge in [-0.2, -0.15) is 0 Å². The molecule has 0 bridgehead atoms. The molecule has 6 heteroatoms. The molecule has 1 aliphatic carbocycles. The van der Waals surface area contributed by atoms with Gasteiger partial charge in [0.2, 0.25) is 0 Å². The number of hydrogen-bond donors (Lipinski definition) is 0. The first-order chi connectivity index (χ1) is 8.29. The monoisotopic (exact) mass is 290 g/mol. The third kappa shape index (κ3) is 2.51. The smallest absolute Gasteiger partial charge is 0.403 e. The molecule has 1 aliphatic heterocycles. The first-order valence-corrected chi connectivity index (χ1v) is 10.6. The Kier molecular flexibility index (Phi) is 3.29. The maximum Gasteiger partial charge on any atom is 0.458 e. The van der Waals surface area contributed by atoms with Crippen molar-refractivity contribution in [2.75, 3.05) is 0 Å². The molecule has 0 aromatic rings. The van der Waals surface area contributed by atoms with Crippen LogP contribution < -0.4 is 0 Å². The number of rotatable bonds is 3. The minimum absolute atomic E-state index is 0.314. The lowest BCUT2D eigenvalue weighted by Crippen LogP contribution is -2.41. The van der Waals surface area contributed by atoms with Crippen LogP contribution in [0.25, 0.3) is 0 Å². The van der Waals surface area contributed by atoms with Gasteiger partial charge in [-0.15, -0.1) is 0 Å². The molecule has 110 valence electrons. The van der Waals surface area contributed by atoms with E-state index < -0.39 is 43.8 Å². The molecule has 0 N–H and O–H groups in total. The summed E-state index contributed by atoms with van der Waals surface area (Å²) in [7, 11) is -2.32. The molecular formula is C13H25BF2O2Si. The third-order valence-electron chi connectivity index (χ3n) is 4.88. The van der Waals surface area contributed by atoms with E-state index in [1.807, 2.05) is 47.3 Å². The Morgan fingerprint density at radius 2 is 1.42 bits per heavy atom. The zero-order chi connectivity index (χ0) is 14.9.